The van der Waals surface area contributed by atoms with Crippen LogP contribution in [0.15, 0.2) is 121 Å². The minimum atomic E-state index is -1.67. The van der Waals surface area contributed by atoms with Crippen LogP contribution >= 0.6 is 0 Å². The predicted octanol–water partition coefficient (Wildman–Crippen LogP) is 5.14. The van der Waals surface area contributed by atoms with E-state index in [0.29, 0.717) is 66.6 Å². The average molecular weight is 861 g/mol. The van der Waals surface area contributed by atoms with E-state index in [1.807, 2.05) is 103 Å². The highest BCUT2D eigenvalue weighted by molar-refractivity contribution is 6.12. The van der Waals surface area contributed by atoms with Crippen LogP contribution in [-0.4, -0.2) is 102 Å². The van der Waals surface area contributed by atoms with Gasteiger partial charge in [0.15, 0.2) is 11.5 Å². The summed E-state index contributed by atoms with van der Waals surface area (Å²) < 4.78 is 23.5. The second kappa shape index (κ2) is 17.5. The molecule has 64 heavy (non-hydrogen) atoms. The van der Waals surface area contributed by atoms with Gasteiger partial charge in [-0.05, 0) is 70.3 Å². The average Bonchev–Trinajstić information content (AvgIpc) is 4.01. The van der Waals surface area contributed by atoms with Crippen molar-refractivity contribution < 1.29 is 43.5 Å². The van der Waals surface area contributed by atoms with Crippen LogP contribution in [0.2, 0.25) is 0 Å². The number of piperazine rings is 1. The largest absolute Gasteiger partial charge is 0.491 e. The summed E-state index contributed by atoms with van der Waals surface area (Å²) in [5, 5.41) is 22.3. The van der Waals surface area contributed by atoms with E-state index in [0.717, 1.165) is 22.4 Å². The van der Waals surface area contributed by atoms with Crippen molar-refractivity contribution in [3.8, 4) is 29.1 Å². The molecule has 326 valence electrons. The number of aliphatic hydroxyl groups is 2. The summed E-state index contributed by atoms with van der Waals surface area (Å²) in [5.74, 6) is 5.57. The van der Waals surface area contributed by atoms with Gasteiger partial charge in [-0.2, -0.15) is 0 Å². The number of hydrogen-bond acceptors (Lipinski definition) is 11. The zero-order valence-corrected chi connectivity index (χ0v) is 35.1. The molecule has 13 heteroatoms. The lowest BCUT2D eigenvalue weighted by atomic mass is 9.65. The Kier molecular flexibility index (Phi) is 11.3. The summed E-state index contributed by atoms with van der Waals surface area (Å²) in [7, 11) is 0. The molecule has 1 spiro atoms. The van der Waals surface area contributed by atoms with Gasteiger partial charge in [0.1, 0.15) is 29.9 Å². The van der Waals surface area contributed by atoms with Crippen molar-refractivity contribution in [1.29, 1.82) is 0 Å². The van der Waals surface area contributed by atoms with Crippen LogP contribution in [0.3, 0.4) is 0 Å². The second-order valence-corrected chi connectivity index (χ2v) is 16.7. The number of esters is 1. The number of aliphatic hydroxyl groups excluding tert-OH is 2. The van der Waals surface area contributed by atoms with Crippen LogP contribution in [0.4, 0.5) is 5.69 Å². The number of nitrogens with one attached hydrogen (secondary N) is 1. The van der Waals surface area contributed by atoms with Gasteiger partial charge in [-0.1, -0.05) is 90.7 Å². The Morgan fingerprint density at radius 1 is 0.781 bits per heavy atom. The van der Waals surface area contributed by atoms with Crippen molar-refractivity contribution in [3.63, 3.8) is 0 Å². The van der Waals surface area contributed by atoms with Crippen molar-refractivity contribution in [2.24, 2.45) is 5.92 Å². The Morgan fingerprint density at radius 2 is 1.52 bits per heavy atom. The summed E-state index contributed by atoms with van der Waals surface area (Å²) in [6.45, 7) is 2.53. The zero-order valence-electron chi connectivity index (χ0n) is 35.1. The van der Waals surface area contributed by atoms with Gasteiger partial charge in [0.05, 0.1) is 31.2 Å². The molecule has 0 aromatic heterocycles. The first-order chi connectivity index (χ1) is 31.4. The fourth-order valence-corrected chi connectivity index (χ4v) is 10.4. The number of ether oxygens (including phenoxy) is 4. The van der Waals surface area contributed by atoms with Crippen LogP contribution in [0.1, 0.15) is 58.0 Å². The number of nitrogens with zero attached hydrogens (tertiary/aromatic N) is 3. The fourth-order valence-electron chi connectivity index (χ4n) is 10.4. The molecular weight excluding hydrogens is 813 g/mol. The number of morpholine rings is 1. The van der Waals surface area contributed by atoms with Crippen molar-refractivity contribution in [3.05, 3.63) is 155 Å². The fraction of sp³-hybridized carbons (Fsp3) is 0.314. The quantitative estimate of drug-likeness (QED) is 0.127. The molecular formula is C51H48N4O9. The van der Waals surface area contributed by atoms with Crippen molar-refractivity contribution in [1.82, 2.24) is 14.7 Å². The number of anilines is 1. The van der Waals surface area contributed by atoms with E-state index >= 15 is 14.4 Å². The summed E-state index contributed by atoms with van der Waals surface area (Å²) in [6, 6.07) is 35.4. The van der Waals surface area contributed by atoms with Crippen LogP contribution in [0.25, 0.3) is 0 Å². The molecule has 5 heterocycles. The zero-order chi connectivity index (χ0) is 43.8. The third-order valence-electron chi connectivity index (χ3n) is 13.1. The Bertz CT molecular complexity index is 2610. The van der Waals surface area contributed by atoms with Crippen LogP contribution in [-0.2, 0) is 31.1 Å². The van der Waals surface area contributed by atoms with Crippen molar-refractivity contribution >= 4 is 23.5 Å². The lowest BCUT2D eigenvalue weighted by Gasteiger charge is -2.46. The van der Waals surface area contributed by atoms with E-state index in [1.165, 1.54) is 0 Å². The molecule has 6 atom stereocenters. The third kappa shape index (κ3) is 7.22. The summed E-state index contributed by atoms with van der Waals surface area (Å²) >= 11 is 0. The molecule has 0 unspecified atom stereocenters. The summed E-state index contributed by atoms with van der Waals surface area (Å²) in [5.41, 5.74) is 3.40. The van der Waals surface area contributed by atoms with Gasteiger partial charge in [-0.3, -0.25) is 24.2 Å². The van der Waals surface area contributed by atoms with Gasteiger partial charge in [0.2, 0.25) is 18.6 Å². The van der Waals surface area contributed by atoms with Gasteiger partial charge in [-0.25, -0.2) is 0 Å². The molecule has 0 bridgehead atoms. The molecule has 5 aromatic rings. The number of benzene rings is 5. The Morgan fingerprint density at radius 3 is 2.25 bits per heavy atom. The van der Waals surface area contributed by atoms with Gasteiger partial charge < -0.3 is 39.4 Å². The molecule has 0 radical (unpaired) electrons. The van der Waals surface area contributed by atoms with E-state index in [2.05, 4.69) is 27.0 Å². The molecule has 3 N–H and O–H groups in total. The maximum absolute atomic E-state index is 15.9. The molecule has 10 rings (SSSR count). The third-order valence-corrected chi connectivity index (χ3v) is 13.1. The lowest BCUT2D eigenvalue weighted by molar-refractivity contribution is -0.179. The first-order valence-electron chi connectivity index (χ1n) is 21.8. The molecule has 5 aliphatic heterocycles. The van der Waals surface area contributed by atoms with Gasteiger partial charge >= 0.3 is 5.97 Å². The van der Waals surface area contributed by atoms with Gasteiger partial charge in [-0.15, -0.1) is 0 Å². The number of carbonyl (C=O) groups is 3. The number of fused-ring (bicyclic) bond motifs is 4. The minimum Gasteiger partial charge on any atom is -0.491 e. The maximum Gasteiger partial charge on any atom is 0.324 e. The molecule has 0 aliphatic carbocycles. The van der Waals surface area contributed by atoms with E-state index in [-0.39, 0.29) is 38.9 Å². The lowest BCUT2D eigenvalue weighted by Crippen LogP contribution is -2.58. The molecule has 13 nitrogen and oxygen atoms in total. The first kappa shape index (κ1) is 41.3. The molecule has 5 aliphatic rings. The first-order valence-corrected chi connectivity index (χ1v) is 21.8. The number of cyclic esters (lactones) is 1. The SMILES string of the molecule is O=C1O[C@@H](c2ccccc2)[C@@H](c2ccccc2)N2[C@@H](c3ccc(OCCO)cc3)[C@]3(C(=O)Nc4ccc(C#CCCO)cc43)[C@@H](C(=O)N3CCN(Cc4ccc5c(c4)OCO5)CC3)[C@H]12. The predicted molar refractivity (Wildman–Crippen MR) is 235 cm³/mol. The summed E-state index contributed by atoms with van der Waals surface area (Å²) in [6.07, 6.45) is -0.539. The Labute approximate surface area is 371 Å². The number of rotatable bonds is 10. The summed E-state index contributed by atoms with van der Waals surface area (Å²) in [4.78, 5) is 52.9. The van der Waals surface area contributed by atoms with E-state index in [9.17, 15) is 10.2 Å². The van der Waals surface area contributed by atoms with Gasteiger partial charge in [0, 0.05) is 50.4 Å². The normalized spacial score (nSPS) is 24.7. The molecule has 3 saturated heterocycles. The van der Waals surface area contributed by atoms with Crippen molar-refractivity contribution in [2.75, 3.05) is 58.1 Å². The molecule has 3 fully saturated rings. The highest BCUT2D eigenvalue weighted by Crippen LogP contribution is 2.65. The smallest absolute Gasteiger partial charge is 0.324 e. The molecule has 5 aromatic carbocycles. The van der Waals surface area contributed by atoms with Crippen LogP contribution in [0.5, 0.6) is 17.2 Å². The highest BCUT2D eigenvalue weighted by atomic mass is 16.7. The van der Waals surface area contributed by atoms with Crippen LogP contribution < -0.4 is 19.5 Å². The van der Waals surface area contributed by atoms with E-state index in [1.54, 1.807) is 23.1 Å². The number of amides is 2. The number of carbonyl (C=O) groups excluding carboxylic acids is 3. The molecule has 2 amide bonds. The van der Waals surface area contributed by atoms with E-state index in [4.69, 9.17) is 18.9 Å². The number of hydrogen-bond donors (Lipinski definition) is 3. The standard InChI is InChI=1S/C51H48N4O9/c56-26-8-7-9-33-14-20-40-39(29-33)51(50(60)52-40)43(48(58)54-24-22-53(23-25-54)31-34-15-21-41-42(30-34)63-32-62-41)45-49(59)64-46(36-12-5-2-6-13-36)44(35-10-3-1-4-11-35)55(45)47(51)37-16-18-38(19-17-37)61-28-27-57/h1-6,10-21,29-30,43-47,56-57H,8,22-28,31-32H2,(H,52,60)/t43-,44-,45-,46+,47+,51-/m1/s1. The van der Waals surface area contributed by atoms with E-state index < -0.39 is 47.4 Å². The Hall–Kier alpha value is -6.69. The van der Waals surface area contributed by atoms with Crippen LogP contribution in [0, 0.1) is 17.8 Å². The van der Waals surface area contributed by atoms with Gasteiger partial charge in [0.25, 0.3) is 0 Å². The second-order valence-electron chi connectivity index (χ2n) is 16.7. The Balaban J connectivity index is 1.13. The minimum absolute atomic E-state index is 0.0952. The highest BCUT2D eigenvalue weighted by Gasteiger charge is 2.74. The topological polar surface area (TPSA) is 150 Å². The molecule has 0 saturated carbocycles. The van der Waals surface area contributed by atoms with Crippen molar-refractivity contribution in [2.45, 2.75) is 42.6 Å². The maximum atomic E-state index is 15.9. The monoisotopic (exact) mass is 860 g/mol.